The molecule has 0 saturated carbocycles. The van der Waals surface area contributed by atoms with Gasteiger partial charge in [-0.3, -0.25) is 4.79 Å². The average Bonchev–Trinajstić information content (AvgIpc) is 2.30. The van der Waals surface area contributed by atoms with Crippen LogP contribution in [-0.2, 0) is 0 Å². The minimum Gasteiger partial charge on any atom is -0.357 e. The fourth-order valence-corrected chi connectivity index (χ4v) is 1.72. The lowest BCUT2D eigenvalue weighted by molar-refractivity contribution is 0.111. The third-order valence-corrected chi connectivity index (χ3v) is 2.47. The Hall–Kier alpha value is -1.45. The second kappa shape index (κ2) is 4.17. The average molecular weight is 191 g/mol. The first-order valence-electron chi connectivity index (χ1n) is 4.92. The third kappa shape index (κ3) is 1.89. The Bertz CT molecular complexity index is 321. The van der Waals surface area contributed by atoms with Gasteiger partial charge in [-0.25, -0.2) is 9.97 Å². The molecule has 1 aliphatic heterocycles. The number of nitrogens with zero attached hydrogens (tertiary/aromatic N) is 3. The van der Waals surface area contributed by atoms with E-state index in [0.29, 0.717) is 5.69 Å². The van der Waals surface area contributed by atoms with Crippen molar-refractivity contribution in [1.82, 2.24) is 9.97 Å². The largest absolute Gasteiger partial charge is 0.357 e. The van der Waals surface area contributed by atoms with Crippen LogP contribution in [0.5, 0.6) is 0 Å². The first kappa shape index (κ1) is 9.12. The molecule has 0 unspecified atom stereocenters. The number of hydrogen-bond acceptors (Lipinski definition) is 4. The fourth-order valence-electron chi connectivity index (χ4n) is 1.72. The van der Waals surface area contributed by atoms with E-state index in [0.717, 1.165) is 25.2 Å². The molecule has 1 saturated heterocycles. The first-order chi connectivity index (χ1) is 6.90. The van der Waals surface area contributed by atoms with E-state index >= 15 is 0 Å². The summed E-state index contributed by atoms with van der Waals surface area (Å²) in [5.41, 5.74) is 0.459. The maximum atomic E-state index is 10.5. The number of aromatic nitrogens is 2. The molecule has 1 aliphatic rings. The van der Waals surface area contributed by atoms with Crippen molar-refractivity contribution in [3.63, 3.8) is 0 Å². The summed E-state index contributed by atoms with van der Waals surface area (Å²) in [6.45, 7) is 2.07. The molecular formula is C10H13N3O. The van der Waals surface area contributed by atoms with Crippen LogP contribution < -0.4 is 4.90 Å². The molecule has 0 amide bonds. The molecule has 0 atom stereocenters. The molecule has 1 aromatic rings. The highest BCUT2D eigenvalue weighted by Crippen LogP contribution is 2.16. The van der Waals surface area contributed by atoms with Crippen molar-refractivity contribution >= 4 is 12.1 Å². The summed E-state index contributed by atoms with van der Waals surface area (Å²) in [7, 11) is 0. The molecule has 0 N–H and O–H groups in total. The number of rotatable bonds is 2. The SMILES string of the molecule is O=Cc1cc(N2CCCCC2)ncn1. The second-order valence-electron chi connectivity index (χ2n) is 3.47. The van der Waals surface area contributed by atoms with Crippen LogP contribution in [0.15, 0.2) is 12.4 Å². The summed E-state index contributed by atoms with van der Waals surface area (Å²) in [6, 6.07) is 1.75. The Morgan fingerprint density at radius 3 is 2.71 bits per heavy atom. The van der Waals surface area contributed by atoms with E-state index < -0.39 is 0 Å². The zero-order valence-electron chi connectivity index (χ0n) is 8.02. The minimum absolute atomic E-state index is 0.459. The molecule has 1 aromatic heterocycles. The van der Waals surface area contributed by atoms with Gasteiger partial charge in [-0.1, -0.05) is 0 Å². The molecular weight excluding hydrogens is 178 g/mol. The molecule has 4 nitrogen and oxygen atoms in total. The molecule has 0 spiro atoms. The standard InChI is InChI=1S/C10H13N3O/c14-7-9-6-10(12-8-11-9)13-4-2-1-3-5-13/h6-8H,1-5H2. The summed E-state index contributed by atoms with van der Waals surface area (Å²) in [6.07, 6.45) is 5.92. The molecule has 14 heavy (non-hydrogen) atoms. The van der Waals surface area contributed by atoms with Crippen molar-refractivity contribution in [2.75, 3.05) is 18.0 Å². The van der Waals surface area contributed by atoms with Crippen molar-refractivity contribution in [1.29, 1.82) is 0 Å². The minimum atomic E-state index is 0.459. The smallest absolute Gasteiger partial charge is 0.168 e. The summed E-state index contributed by atoms with van der Waals surface area (Å²) in [5, 5.41) is 0. The molecule has 0 bridgehead atoms. The normalized spacial score (nSPS) is 16.7. The molecule has 0 aliphatic carbocycles. The summed E-state index contributed by atoms with van der Waals surface area (Å²) >= 11 is 0. The van der Waals surface area contributed by atoms with Crippen LogP contribution >= 0.6 is 0 Å². The van der Waals surface area contributed by atoms with Gasteiger partial charge in [-0.2, -0.15) is 0 Å². The van der Waals surface area contributed by atoms with Gasteiger partial charge >= 0.3 is 0 Å². The van der Waals surface area contributed by atoms with E-state index in [1.54, 1.807) is 6.07 Å². The monoisotopic (exact) mass is 191 g/mol. The number of aldehydes is 1. The molecule has 2 heterocycles. The van der Waals surface area contributed by atoms with Crippen LogP contribution in [0.25, 0.3) is 0 Å². The van der Waals surface area contributed by atoms with Crippen LogP contribution in [0.3, 0.4) is 0 Å². The number of anilines is 1. The third-order valence-electron chi connectivity index (χ3n) is 2.47. The maximum Gasteiger partial charge on any atom is 0.168 e. The number of carbonyl (C=O) groups excluding carboxylic acids is 1. The Morgan fingerprint density at radius 1 is 1.21 bits per heavy atom. The molecule has 74 valence electrons. The van der Waals surface area contributed by atoms with Gasteiger partial charge in [0.25, 0.3) is 0 Å². The summed E-state index contributed by atoms with van der Waals surface area (Å²) in [5.74, 6) is 0.877. The van der Waals surface area contributed by atoms with E-state index in [9.17, 15) is 4.79 Å². The Balaban J connectivity index is 2.17. The van der Waals surface area contributed by atoms with Crippen LogP contribution in [0, 0.1) is 0 Å². The maximum absolute atomic E-state index is 10.5. The zero-order chi connectivity index (χ0) is 9.80. The van der Waals surface area contributed by atoms with Crippen LogP contribution in [0.4, 0.5) is 5.82 Å². The Labute approximate surface area is 83.0 Å². The molecule has 0 aromatic carbocycles. The van der Waals surface area contributed by atoms with Gasteiger partial charge < -0.3 is 4.90 Å². The predicted octanol–water partition coefficient (Wildman–Crippen LogP) is 1.28. The number of carbonyl (C=O) groups is 1. The lowest BCUT2D eigenvalue weighted by Crippen LogP contribution is -2.30. The molecule has 2 rings (SSSR count). The highest BCUT2D eigenvalue weighted by molar-refractivity contribution is 5.73. The number of piperidine rings is 1. The van der Waals surface area contributed by atoms with Crippen LogP contribution in [0.1, 0.15) is 29.8 Å². The van der Waals surface area contributed by atoms with Crippen LogP contribution in [-0.4, -0.2) is 29.3 Å². The van der Waals surface area contributed by atoms with Gasteiger partial charge in [-0.05, 0) is 19.3 Å². The van der Waals surface area contributed by atoms with Crippen molar-refractivity contribution < 1.29 is 4.79 Å². The lowest BCUT2D eigenvalue weighted by atomic mass is 10.1. The van der Waals surface area contributed by atoms with Crippen molar-refractivity contribution in [2.24, 2.45) is 0 Å². The van der Waals surface area contributed by atoms with Gasteiger partial charge in [0.15, 0.2) is 6.29 Å². The van der Waals surface area contributed by atoms with E-state index in [1.807, 2.05) is 0 Å². The van der Waals surface area contributed by atoms with E-state index in [2.05, 4.69) is 14.9 Å². The highest BCUT2D eigenvalue weighted by atomic mass is 16.1. The van der Waals surface area contributed by atoms with Gasteiger partial charge in [-0.15, -0.1) is 0 Å². The van der Waals surface area contributed by atoms with Gasteiger partial charge in [0, 0.05) is 19.2 Å². The van der Waals surface area contributed by atoms with E-state index in [4.69, 9.17) is 0 Å². The summed E-state index contributed by atoms with van der Waals surface area (Å²) in [4.78, 5) is 20.8. The number of hydrogen-bond donors (Lipinski definition) is 0. The lowest BCUT2D eigenvalue weighted by Gasteiger charge is -2.27. The highest BCUT2D eigenvalue weighted by Gasteiger charge is 2.12. The quantitative estimate of drug-likeness (QED) is 0.660. The van der Waals surface area contributed by atoms with Gasteiger partial charge in [0.05, 0.1) is 0 Å². The van der Waals surface area contributed by atoms with Gasteiger partial charge in [0.2, 0.25) is 0 Å². The van der Waals surface area contributed by atoms with Crippen LogP contribution in [0.2, 0.25) is 0 Å². The zero-order valence-corrected chi connectivity index (χ0v) is 8.02. The Kier molecular flexibility index (Phi) is 2.72. The molecule has 4 heteroatoms. The molecule has 1 fully saturated rings. The van der Waals surface area contributed by atoms with Gasteiger partial charge in [0.1, 0.15) is 17.8 Å². The van der Waals surface area contributed by atoms with Crippen molar-refractivity contribution in [2.45, 2.75) is 19.3 Å². The molecule has 0 radical (unpaired) electrons. The topological polar surface area (TPSA) is 46.1 Å². The first-order valence-corrected chi connectivity index (χ1v) is 4.92. The Morgan fingerprint density at radius 2 is 2.00 bits per heavy atom. The van der Waals surface area contributed by atoms with Crippen molar-refractivity contribution in [3.8, 4) is 0 Å². The second-order valence-corrected chi connectivity index (χ2v) is 3.47. The fraction of sp³-hybridized carbons (Fsp3) is 0.500. The predicted molar refractivity (Wildman–Crippen MR) is 53.5 cm³/mol. The van der Waals surface area contributed by atoms with Crippen molar-refractivity contribution in [3.05, 3.63) is 18.1 Å². The van der Waals surface area contributed by atoms with E-state index in [1.165, 1.54) is 25.6 Å². The van der Waals surface area contributed by atoms with E-state index in [-0.39, 0.29) is 0 Å². The summed E-state index contributed by atoms with van der Waals surface area (Å²) < 4.78 is 0.